The molecule has 3 heteroatoms. The van der Waals surface area contributed by atoms with Crippen LogP contribution in [0.25, 0.3) is 0 Å². The molecule has 0 bridgehead atoms. The van der Waals surface area contributed by atoms with Gasteiger partial charge in [-0.05, 0) is 0 Å². The van der Waals surface area contributed by atoms with Gasteiger partial charge in [-0.1, -0.05) is 6.82 Å². The molecule has 1 N–H and O–H groups in total. The van der Waals surface area contributed by atoms with Gasteiger partial charge in [0.1, 0.15) is 0 Å². The lowest BCUT2D eigenvalue weighted by Gasteiger charge is -1.70. The lowest BCUT2D eigenvalue weighted by atomic mass is 10.1. The first-order valence-electron chi connectivity index (χ1n) is 0.996. The van der Waals surface area contributed by atoms with Gasteiger partial charge in [-0.2, -0.15) is 0 Å². The SMILES string of the molecule is C[B]OO. The molecule has 0 aromatic rings. The molecule has 0 aliphatic heterocycles. The van der Waals surface area contributed by atoms with Crippen molar-refractivity contribution in [1.29, 1.82) is 0 Å². The Kier molecular flexibility index (Phi) is 2.97. The van der Waals surface area contributed by atoms with Crippen LogP contribution in [-0.4, -0.2) is 12.7 Å². The molecule has 0 heterocycles. The zero-order valence-corrected chi connectivity index (χ0v) is 2.43. The monoisotopic (exact) mass is 59.0 g/mol. The summed E-state index contributed by atoms with van der Waals surface area (Å²) in [6, 6.07) is 0. The second-order valence-electron chi connectivity index (χ2n) is 0.341. The number of hydrogen-bond acceptors (Lipinski definition) is 2. The summed E-state index contributed by atoms with van der Waals surface area (Å²) in [6.45, 7) is 1.58. The second-order valence-corrected chi connectivity index (χ2v) is 0.341. The maximum absolute atomic E-state index is 7.32. The molecule has 0 unspecified atom stereocenters. The topological polar surface area (TPSA) is 29.5 Å². The molecule has 0 aromatic heterocycles. The van der Waals surface area contributed by atoms with Crippen LogP contribution in [0.2, 0.25) is 6.82 Å². The van der Waals surface area contributed by atoms with Gasteiger partial charge in [0.05, 0.1) is 0 Å². The van der Waals surface area contributed by atoms with E-state index >= 15 is 0 Å². The molecule has 2 nitrogen and oxygen atoms in total. The van der Waals surface area contributed by atoms with Gasteiger partial charge >= 0.3 is 7.48 Å². The highest BCUT2D eigenvalue weighted by Crippen LogP contribution is 1.46. The third kappa shape index (κ3) is 1.98. The Hall–Kier alpha value is -0.0151. The standard InChI is InChI=1S/CH4BO2/c1-2-4-3/h3H,1H3. The predicted octanol–water partition coefficient (Wildman–Crippen LogP) is 0.143. The molecule has 0 aliphatic rings. The quantitative estimate of drug-likeness (QED) is 0.264. The van der Waals surface area contributed by atoms with Crippen LogP contribution in [0.3, 0.4) is 0 Å². The minimum Gasteiger partial charge on any atom is -0.314 e. The van der Waals surface area contributed by atoms with E-state index < -0.39 is 0 Å². The Bertz CT molecular complexity index is 8.00. The van der Waals surface area contributed by atoms with Gasteiger partial charge in [-0.3, -0.25) is 5.26 Å². The first kappa shape index (κ1) is 3.98. The summed E-state index contributed by atoms with van der Waals surface area (Å²) in [5.41, 5.74) is 0. The zero-order chi connectivity index (χ0) is 3.41. The van der Waals surface area contributed by atoms with Crippen LogP contribution < -0.4 is 0 Å². The van der Waals surface area contributed by atoms with Gasteiger partial charge in [0.25, 0.3) is 0 Å². The summed E-state index contributed by atoms with van der Waals surface area (Å²) < 4.78 is 0. The van der Waals surface area contributed by atoms with Gasteiger partial charge < -0.3 is 4.81 Å². The average Bonchev–Trinajstić information content (AvgIpc) is 1.37. The van der Waals surface area contributed by atoms with Crippen LogP contribution in [0, 0.1) is 0 Å². The van der Waals surface area contributed by atoms with Crippen molar-refractivity contribution in [3.05, 3.63) is 0 Å². The van der Waals surface area contributed by atoms with Gasteiger partial charge in [0.15, 0.2) is 0 Å². The van der Waals surface area contributed by atoms with Crippen molar-refractivity contribution in [3.63, 3.8) is 0 Å². The molecule has 0 aliphatic carbocycles. The lowest BCUT2D eigenvalue weighted by molar-refractivity contribution is -0.137. The van der Waals surface area contributed by atoms with Gasteiger partial charge in [0, 0.05) is 0 Å². The fraction of sp³-hybridized carbons (Fsp3) is 1.00. The maximum Gasteiger partial charge on any atom is 0.340 e. The highest BCUT2D eigenvalue weighted by molar-refractivity contribution is 6.24. The third-order valence-corrected chi connectivity index (χ3v) is 0.105. The largest absolute Gasteiger partial charge is 0.340 e. The number of hydrogen-bond donors (Lipinski definition) is 1. The first-order chi connectivity index (χ1) is 1.91. The van der Waals surface area contributed by atoms with Crippen molar-refractivity contribution in [2.75, 3.05) is 0 Å². The molecule has 0 amide bonds. The van der Waals surface area contributed by atoms with Crippen molar-refractivity contribution in [3.8, 4) is 0 Å². The summed E-state index contributed by atoms with van der Waals surface area (Å²) >= 11 is 0. The minimum absolute atomic E-state index is 1.18. The van der Waals surface area contributed by atoms with Crippen LogP contribution in [0.4, 0.5) is 0 Å². The van der Waals surface area contributed by atoms with E-state index in [1.54, 1.807) is 6.82 Å². The fourth-order valence-corrected chi connectivity index (χ4v) is 0. The Labute approximate surface area is 25.6 Å². The molecule has 0 saturated heterocycles. The Morgan fingerprint density at radius 2 is 2.25 bits per heavy atom. The van der Waals surface area contributed by atoms with Crippen LogP contribution in [-0.2, 0) is 4.81 Å². The summed E-state index contributed by atoms with van der Waals surface area (Å²) in [7, 11) is 1.18. The molecule has 0 fully saturated rings. The van der Waals surface area contributed by atoms with Crippen molar-refractivity contribution in [2.45, 2.75) is 6.82 Å². The molecule has 0 rings (SSSR count). The van der Waals surface area contributed by atoms with Crippen LogP contribution in [0.5, 0.6) is 0 Å². The Morgan fingerprint density at radius 1 is 2.00 bits per heavy atom. The number of rotatable bonds is 1. The van der Waals surface area contributed by atoms with E-state index in [1.165, 1.54) is 7.48 Å². The molecular weight excluding hydrogens is 54.8 g/mol. The molecule has 0 saturated carbocycles. The lowest BCUT2D eigenvalue weighted by Crippen LogP contribution is -1.80. The second kappa shape index (κ2) is 2.98. The third-order valence-electron chi connectivity index (χ3n) is 0.105. The molecule has 0 aromatic carbocycles. The first-order valence-corrected chi connectivity index (χ1v) is 0.996. The van der Waals surface area contributed by atoms with Gasteiger partial charge in [-0.25, -0.2) is 0 Å². The van der Waals surface area contributed by atoms with Crippen LogP contribution >= 0.6 is 0 Å². The molecular formula is CH4BO2. The molecule has 4 heavy (non-hydrogen) atoms. The normalized spacial score (nSPS) is 6.50. The summed E-state index contributed by atoms with van der Waals surface area (Å²) in [4.78, 5) is 3.42. The highest BCUT2D eigenvalue weighted by atomic mass is 17.1. The summed E-state index contributed by atoms with van der Waals surface area (Å²) in [5, 5.41) is 7.32. The van der Waals surface area contributed by atoms with Crippen molar-refractivity contribution in [2.24, 2.45) is 0 Å². The molecule has 0 spiro atoms. The molecule has 0 atom stereocenters. The zero-order valence-electron chi connectivity index (χ0n) is 2.43. The van der Waals surface area contributed by atoms with Gasteiger partial charge in [-0.15, -0.1) is 0 Å². The van der Waals surface area contributed by atoms with Crippen molar-refractivity contribution >= 4 is 7.48 Å². The van der Waals surface area contributed by atoms with E-state index in [0.717, 1.165) is 0 Å². The average molecular weight is 58.9 g/mol. The fourth-order valence-electron chi connectivity index (χ4n) is 0. The molecule has 1 radical (unpaired) electrons. The van der Waals surface area contributed by atoms with E-state index in [1.807, 2.05) is 0 Å². The van der Waals surface area contributed by atoms with E-state index in [4.69, 9.17) is 5.26 Å². The Morgan fingerprint density at radius 3 is 2.25 bits per heavy atom. The maximum atomic E-state index is 7.32. The van der Waals surface area contributed by atoms with Crippen LogP contribution in [0.15, 0.2) is 0 Å². The Balaban J connectivity index is 1.97. The van der Waals surface area contributed by atoms with E-state index in [0.29, 0.717) is 0 Å². The summed E-state index contributed by atoms with van der Waals surface area (Å²) in [6.07, 6.45) is 0. The van der Waals surface area contributed by atoms with Crippen molar-refractivity contribution in [1.82, 2.24) is 0 Å². The van der Waals surface area contributed by atoms with E-state index in [-0.39, 0.29) is 0 Å². The van der Waals surface area contributed by atoms with E-state index in [9.17, 15) is 0 Å². The van der Waals surface area contributed by atoms with Gasteiger partial charge in [0.2, 0.25) is 0 Å². The van der Waals surface area contributed by atoms with Crippen LogP contribution in [0.1, 0.15) is 0 Å². The highest BCUT2D eigenvalue weighted by Gasteiger charge is 1.63. The summed E-state index contributed by atoms with van der Waals surface area (Å²) in [5.74, 6) is 0. The predicted molar refractivity (Wildman–Crippen MR) is 15.3 cm³/mol. The van der Waals surface area contributed by atoms with Crippen molar-refractivity contribution < 1.29 is 10.1 Å². The smallest absolute Gasteiger partial charge is 0.314 e. The molecule has 23 valence electrons. The van der Waals surface area contributed by atoms with E-state index in [2.05, 4.69) is 4.81 Å². The minimum atomic E-state index is 1.18.